The molecule has 1 N–H and O–H groups in total. The Morgan fingerprint density at radius 2 is 1.74 bits per heavy atom. The quantitative estimate of drug-likeness (QED) is 0.813. The highest BCUT2D eigenvalue weighted by Gasteiger charge is 2.26. The summed E-state index contributed by atoms with van der Waals surface area (Å²) in [6.45, 7) is 0. The maximum Gasteiger partial charge on any atom is 0.169 e. The van der Waals surface area contributed by atoms with Crippen LogP contribution >= 0.6 is 0 Å². The summed E-state index contributed by atoms with van der Waals surface area (Å²) in [6.07, 6.45) is 9.84. The molecule has 0 aliphatic heterocycles. The smallest absolute Gasteiger partial charge is 0.169 e. The number of carbonyl (C=O) groups excluding carboxylic acids is 1. The van der Waals surface area contributed by atoms with Gasteiger partial charge in [-0.2, -0.15) is 0 Å². The van der Waals surface area contributed by atoms with E-state index in [1.165, 1.54) is 18.4 Å². The van der Waals surface area contributed by atoms with E-state index >= 15 is 0 Å². The van der Waals surface area contributed by atoms with Crippen LogP contribution in [-0.4, -0.2) is 10.9 Å². The Morgan fingerprint density at radius 3 is 2.53 bits per heavy atom. The Balaban J connectivity index is 1.90. The van der Waals surface area contributed by atoms with Gasteiger partial charge in [0.1, 0.15) is 5.75 Å². The first kappa shape index (κ1) is 12.7. The minimum Gasteiger partial charge on any atom is -0.507 e. The molecule has 1 aromatic carbocycles. The molecule has 2 aliphatic carbocycles. The van der Waals surface area contributed by atoms with Gasteiger partial charge in [-0.05, 0) is 55.7 Å². The summed E-state index contributed by atoms with van der Waals surface area (Å²) in [4.78, 5) is 12.5. The van der Waals surface area contributed by atoms with Crippen molar-refractivity contribution in [3.8, 4) is 5.75 Å². The van der Waals surface area contributed by atoms with Crippen LogP contribution in [0.5, 0.6) is 5.75 Å². The maximum absolute atomic E-state index is 12.5. The van der Waals surface area contributed by atoms with Gasteiger partial charge >= 0.3 is 0 Å². The molecule has 0 aromatic heterocycles. The van der Waals surface area contributed by atoms with Crippen LogP contribution in [0.25, 0.3) is 0 Å². The average molecular weight is 258 g/mol. The van der Waals surface area contributed by atoms with Gasteiger partial charge in [-0.1, -0.05) is 25.3 Å². The molecule has 1 aromatic rings. The van der Waals surface area contributed by atoms with Gasteiger partial charge < -0.3 is 5.11 Å². The molecule has 0 heterocycles. The summed E-state index contributed by atoms with van der Waals surface area (Å²) < 4.78 is 0. The summed E-state index contributed by atoms with van der Waals surface area (Å²) in [5.41, 5.74) is 2.85. The number of benzene rings is 1. The molecular weight excluding hydrogens is 236 g/mol. The maximum atomic E-state index is 12.5. The van der Waals surface area contributed by atoms with Crippen LogP contribution in [0.4, 0.5) is 0 Å². The van der Waals surface area contributed by atoms with Gasteiger partial charge in [-0.3, -0.25) is 4.79 Å². The van der Waals surface area contributed by atoms with E-state index in [1.54, 1.807) is 0 Å². The number of ketones is 1. The van der Waals surface area contributed by atoms with Crippen molar-refractivity contribution < 1.29 is 9.90 Å². The second-order valence-corrected chi connectivity index (χ2v) is 6.01. The molecule has 0 radical (unpaired) electrons. The summed E-state index contributed by atoms with van der Waals surface area (Å²) in [7, 11) is 0. The Kier molecular flexibility index (Phi) is 3.58. The molecule has 0 saturated heterocycles. The number of phenolic OH excluding ortho intramolecular Hbond substituents is 1. The van der Waals surface area contributed by atoms with Crippen LogP contribution in [0.2, 0.25) is 0 Å². The molecule has 2 nitrogen and oxygen atoms in total. The Bertz CT molecular complexity index is 484. The van der Waals surface area contributed by atoms with Crippen molar-refractivity contribution >= 4 is 5.78 Å². The van der Waals surface area contributed by atoms with Crippen LogP contribution in [0.15, 0.2) is 12.1 Å². The third-order valence-electron chi connectivity index (χ3n) is 4.74. The zero-order chi connectivity index (χ0) is 13.2. The van der Waals surface area contributed by atoms with Gasteiger partial charge in [0, 0.05) is 5.92 Å². The van der Waals surface area contributed by atoms with E-state index in [-0.39, 0.29) is 17.5 Å². The van der Waals surface area contributed by atoms with Crippen molar-refractivity contribution in [1.29, 1.82) is 0 Å². The SMILES string of the molecule is O=C(c1ccc2c(c1O)CCCC2)C1CCCCC1. The van der Waals surface area contributed by atoms with Crippen molar-refractivity contribution in [3.05, 3.63) is 28.8 Å². The van der Waals surface area contributed by atoms with Crippen molar-refractivity contribution in [2.45, 2.75) is 57.8 Å². The molecule has 102 valence electrons. The fourth-order valence-electron chi connectivity index (χ4n) is 3.59. The molecule has 0 unspecified atom stereocenters. The second kappa shape index (κ2) is 5.36. The molecule has 19 heavy (non-hydrogen) atoms. The highest BCUT2D eigenvalue weighted by Crippen LogP contribution is 2.35. The Morgan fingerprint density at radius 1 is 1.00 bits per heavy atom. The van der Waals surface area contributed by atoms with Crippen LogP contribution in [0, 0.1) is 5.92 Å². The lowest BCUT2D eigenvalue weighted by atomic mass is 9.81. The highest BCUT2D eigenvalue weighted by molar-refractivity contribution is 6.00. The fraction of sp³-hybridized carbons (Fsp3) is 0.588. The minimum absolute atomic E-state index is 0.140. The third kappa shape index (κ3) is 2.41. The van der Waals surface area contributed by atoms with E-state index in [9.17, 15) is 9.90 Å². The largest absolute Gasteiger partial charge is 0.507 e. The summed E-state index contributed by atoms with van der Waals surface area (Å²) in [6, 6.07) is 3.92. The number of Topliss-reactive ketones (excluding diaryl/α,β-unsaturated/α-hetero) is 1. The molecule has 2 aliphatic rings. The van der Waals surface area contributed by atoms with Crippen LogP contribution < -0.4 is 0 Å². The number of fused-ring (bicyclic) bond motifs is 1. The zero-order valence-corrected chi connectivity index (χ0v) is 11.5. The van der Waals surface area contributed by atoms with Gasteiger partial charge in [0.25, 0.3) is 0 Å². The summed E-state index contributed by atoms with van der Waals surface area (Å²) in [5, 5.41) is 10.4. The molecule has 3 rings (SSSR count). The van der Waals surface area contributed by atoms with E-state index in [0.717, 1.165) is 50.5 Å². The van der Waals surface area contributed by atoms with E-state index in [2.05, 4.69) is 6.07 Å². The lowest BCUT2D eigenvalue weighted by Crippen LogP contribution is -2.18. The average Bonchev–Trinajstić information content (AvgIpc) is 2.48. The number of carbonyl (C=O) groups is 1. The number of hydrogen-bond donors (Lipinski definition) is 1. The van der Waals surface area contributed by atoms with E-state index in [0.29, 0.717) is 5.56 Å². The predicted molar refractivity (Wildman–Crippen MR) is 75.7 cm³/mol. The molecular formula is C17H22O2. The van der Waals surface area contributed by atoms with E-state index < -0.39 is 0 Å². The van der Waals surface area contributed by atoms with Crippen LogP contribution in [0.3, 0.4) is 0 Å². The lowest BCUT2D eigenvalue weighted by molar-refractivity contribution is 0.0886. The number of phenols is 1. The van der Waals surface area contributed by atoms with Gasteiger partial charge in [0.2, 0.25) is 0 Å². The summed E-state index contributed by atoms with van der Waals surface area (Å²) >= 11 is 0. The molecule has 0 bridgehead atoms. The van der Waals surface area contributed by atoms with Gasteiger partial charge in [-0.25, -0.2) is 0 Å². The normalized spacial score (nSPS) is 20.0. The first-order valence-electron chi connectivity index (χ1n) is 7.65. The predicted octanol–water partition coefficient (Wildman–Crippen LogP) is 4.03. The fourth-order valence-corrected chi connectivity index (χ4v) is 3.59. The van der Waals surface area contributed by atoms with Gasteiger partial charge in [0.05, 0.1) is 5.56 Å². The van der Waals surface area contributed by atoms with Gasteiger partial charge in [-0.15, -0.1) is 0 Å². The van der Waals surface area contributed by atoms with Crippen molar-refractivity contribution in [2.24, 2.45) is 5.92 Å². The first-order chi connectivity index (χ1) is 9.27. The topological polar surface area (TPSA) is 37.3 Å². The standard InChI is InChI=1S/C17H22O2/c18-16(13-7-2-1-3-8-13)15-11-10-12-6-4-5-9-14(12)17(15)19/h10-11,13,19H,1-9H2. The number of aryl methyl sites for hydroxylation is 1. The number of rotatable bonds is 2. The van der Waals surface area contributed by atoms with Crippen LogP contribution in [-0.2, 0) is 12.8 Å². The van der Waals surface area contributed by atoms with Gasteiger partial charge in [0.15, 0.2) is 5.78 Å². The van der Waals surface area contributed by atoms with E-state index in [4.69, 9.17) is 0 Å². The molecule has 2 heteroatoms. The molecule has 1 fully saturated rings. The molecule has 0 spiro atoms. The Hall–Kier alpha value is -1.31. The van der Waals surface area contributed by atoms with E-state index in [1.807, 2.05) is 6.07 Å². The molecule has 1 saturated carbocycles. The zero-order valence-electron chi connectivity index (χ0n) is 11.5. The number of aromatic hydroxyl groups is 1. The second-order valence-electron chi connectivity index (χ2n) is 6.01. The van der Waals surface area contributed by atoms with Crippen LogP contribution in [0.1, 0.15) is 66.4 Å². The lowest BCUT2D eigenvalue weighted by Gasteiger charge is -2.23. The minimum atomic E-state index is 0.140. The van der Waals surface area contributed by atoms with Crippen molar-refractivity contribution in [3.63, 3.8) is 0 Å². The number of hydrogen-bond acceptors (Lipinski definition) is 2. The third-order valence-corrected chi connectivity index (χ3v) is 4.74. The summed E-state index contributed by atoms with van der Waals surface area (Å²) in [5.74, 6) is 0.597. The monoisotopic (exact) mass is 258 g/mol. The first-order valence-corrected chi connectivity index (χ1v) is 7.65. The highest BCUT2D eigenvalue weighted by atomic mass is 16.3. The molecule has 0 atom stereocenters. The van der Waals surface area contributed by atoms with Crippen molar-refractivity contribution in [1.82, 2.24) is 0 Å². The van der Waals surface area contributed by atoms with Crippen molar-refractivity contribution in [2.75, 3.05) is 0 Å². The Labute approximate surface area is 114 Å². The molecule has 0 amide bonds.